The van der Waals surface area contributed by atoms with Gasteiger partial charge in [-0.15, -0.1) is 22.7 Å². The van der Waals surface area contributed by atoms with Crippen molar-refractivity contribution >= 4 is 74.8 Å². The van der Waals surface area contributed by atoms with Crippen molar-refractivity contribution in [3.8, 4) is 32.7 Å². The Morgan fingerprint density at radius 1 is 0.667 bits per heavy atom. The van der Waals surface area contributed by atoms with Crippen molar-refractivity contribution in [2.75, 3.05) is 10.6 Å². The molecule has 0 aliphatic heterocycles. The summed E-state index contributed by atoms with van der Waals surface area (Å²) in [6.07, 6.45) is 6.42. The van der Waals surface area contributed by atoms with Gasteiger partial charge < -0.3 is 20.7 Å². The van der Waals surface area contributed by atoms with E-state index in [1.807, 2.05) is 23.9 Å². The molecule has 14 nitrogen and oxygen atoms in total. The second-order valence-electron chi connectivity index (χ2n) is 12.1. The number of nitrogens with zero attached hydrogens (tertiary/aromatic N) is 8. The highest BCUT2D eigenvalue weighted by molar-refractivity contribution is 9.10. The largest absolute Gasteiger partial charge is 0.507 e. The predicted octanol–water partition coefficient (Wildman–Crippen LogP) is 6.73. The van der Waals surface area contributed by atoms with Crippen molar-refractivity contribution in [3.63, 3.8) is 0 Å². The monoisotopic (exact) mass is 918 g/mol. The van der Waals surface area contributed by atoms with E-state index in [9.17, 15) is 27.2 Å². The van der Waals surface area contributed by atoms with Crippen LogP contribution in [0.2, 0.25) is 0 Å². The number of halogens is 5. The number of amides is 2. The van der Waals surface area contributed by atoms with Gasteiger partial charge in [0.2, 0.25) is 0 Å². The molecule has 0 saturated heterocycles. The van der Waals surface area contributed by atoms with Crippen LogP contribution in [0, 0.1) is 23.3 Å². The van der Waals surface area contributed by atoms with Crippen molar-refractivity contribution in [1.29, 1.82) is 0 Å². The van der Waals surface area contributed by atoms with Gasteiger partial charge in [-0.3, -0.25) is 19.0 Å². The van der Waals surface area contributed by atoms with Gasteiger partial charge in [0.1, 0.15) is 67.4 Å². The smallest absolute Gasteiger partial charge is 0.422 e. The van der Waals surface area contributed by atoms with Crippen molar-refractivity contribution in [3.05, 3.63) is 147 Å². The third-order valence-electron chi connectivity index (χ3n) is 8.01. The lowest BCUT2D eigenvalue weighted by molar-refractivity contribution is 0.101. The Morgan fingerprint density at radius 2 is 1.15 bits per heavy atom. The van der Waals surface area contributed by atoms with E-state index in [0.717, 1.165) is 55.7 Å². The molecular formula is C38H28BBrF4N10O4S2. The minimum atomic E-state index is -1.50. The molecular weight excluding hydrogens is 891 g/mol. The van der Waals surface area contributed by atoms with Crippen LogP contribution in [0.3, 0.4) is 0 Å². The number of benzene rings is 2. The van der Waals surface area contributed by atoms with E-state index in [-0.39, 0.29) is 11.6 Å². The van der Waals surface area contributed by atoms with E-state index in [0.29, 0.717) is 11.3 Å². The van der Waals surface area contributed by atoms with E-state index in [2.05, 4.69) is 56.7 Å². The molecule has 8 rings (SSSR count). The number of aryl methyl sites for hydroxylation is 2. The first-order chi connectivity index (χ1) is 28.8. The first-order valence-electron chi connectivity index (χ1n) is 17.1. The highest BCUT2D eigenvalue weighted by atomic mass is 79.9. The Kier molecular flexibility index (Phi) is 14.0. The van der Waals surface area contributed by atoms with Crippen molar-refractivity contribution in [2.45, 2.75) is 0 Å². The van der Waals surface area contributed by atoms with E-state index < -0.39 is 53.3 Å². The molecule has 8 aromatic rings. The maximum Gasteiger partial charge on any atom is 0.507 e. The Hall–Kier alpha value is -6.46. The van der Waals surface area contributed by atoms with Crippen LogP contribution < -0.4 is 16.2 Å². The summed E-state index contributed by atoms with van der Waals surface area (Å²) < 4.78 is 58.0. The Labute approximate surface area is 354 Å². The lowest BCUT2D eigenvalue weighted by atomic mass is 9.86. The van der Waals surface area contributed by atoms with Gasteiger partial charge in [-0.2, -0.15) is 10.2 Å². The molecule has 2 amide bonds. The zero-order valence-electron chi connectivity index (χ0n) is 31.0. The Bertz CT molecular complexity index is 2680. The fourth-order valence-corrected chi connectivity index (χ4v) is 6.65. The van der Waals surface area contributed by atoms with E-state index in [1.54, 1.807) is 54.6 Å². The van der Waals surface area contributed by atoms with Crippen molar-refractivity contribution in [2.24, 2.45) is 14.1 Å². The number of rotatable bonds is 8. The zero-order valence-corrected chi connectivity index (χ0v) is 34.2. The van der Waals surface area contributed by atoms with Crippen LogP contribution >= 0.6 is 38.6 Å². The molecule has 0 fully saturated rings. The number of carbonyl (C=O) groups excluding carboxylic acids is 2. The van der Waals surface area contributed by atoms with Gasteiger partial charge in [0, 0.05) is 59.7 Å². The summed E-state index contributed by atoms with van der Waals surface area (Å²) in [5, 5.41) is 36.6. The number of carbonyl (C=O) groups is 2. The third kappa shape index (κ3) is 10.6. The molecule has 4 N–H and O–H groups in total. The lowest BCUT2D eigenvalue weighted by Gasteiger charge is -2.07. The molecule has 0 bridgehead atoms. The van der Waals surface area contributed by atoms with Gasteiger partial charge in [0.15, 0.2) is 0 Å². The second kappa shape index (κ2) is 19.5. The zero-order chi connectivity index (χ0) is 42.9. The summed E-state index contributed by atoms with van der Waals surface area (Å²) in [7, 11) is 1.97. The fraction of sp³-hybridized carbons (Fsp3) is 0.0526. The quantitative estimate of drug-likeness (QED) is 0.0941. The number of aromatic nitrogens is 8. The molecule has 6 heterocycles. The number of hydrogen-bond acceptors (Lipinski definition) is 12. The molecule has 6 aromatic heterocycles. The third-order valence-corrected chi connectivity index (χ3v) is 10.1. The first kappa shape index (κ1) is 43.1. The minimum absolute atomic E-state index is 0.179. The Balaban J connectivity index is 0.000000162. The molecule has 0 spiro atoms. The predicted molar refractivity (Wildman–Crippen MR) is 222 cm³/mol. The fourth-order valence-electron chi connectivity index (χ4n) is 5.23. The van der Waals surface area contributed by atoms with Crippen LogP contribution in [0.25, 0.3) is 32.7 Å². The van der Waals surface area contributed by atoms with Crippen LogP contribution in [0.5, 0.6) is 0 Å². The highest BCUT2D eigenvalue weighted by Crippen LogP contribution is 2.27. The minimum Gasteiger partial charge on any atom is -0.422 e. The van der Waals surface area contributed by atoms with Gasteiger partial charge in [-0.05, 0) is 76.6 Å². The summed E-state index contributed by atoms with van der Waals surface area (Å²) >= 11 is 6.14. The highest BCUT2D eigenvalue weighted by Gasteiger charge is 2.20. The van der Waals surface area contributed by atoms with Gasteiger partial charge in [0.25, 0.3) is 11.8 Å². The normalized spacial score (nSPS) is 10.6. The lowest BCUT2D eigenvalue weighted by Crippen LogP contribution is -2.35. The molecule has 0 radical (unpaired) electrons. The first-order valence-corrected chi connectivity index (χ1v) is 19.7. The van der Waals surface area contributed by atoms with Crippen molar-refractivity contribution in [1.82, 2.24) is 39.5 Å². The maximum absolute atomic E-state index is 13.7. The van der Waals surface area contributed by atoms with E-state index in [1.165, 1.54) is 51.8 Å². The topological polar surface area (TPSA) is 186 Å². The average molecular weight is 920 g/mol. The molecule has 0 unspecified atom stereocenters. The van der Waals surface area contributed by atoms with Crippen LogP contribution in [0.15, 0.2) is 113 Å². The second-order valence-corrected chi connectivity index (χ2v) is 14.8. The van der Waals surface area contributed by atoms with Crippen LogP contribution in [0.1, 0.15) is 20.7 Å². The molecule has 0 aliphatic rings. The van der Waals surface area contributed by atoms with Crippen molar-refractivity contribution < 1.29 is 37.2 Å². The van der Waals surface area contributed by atoms with Gasteiger partial charge in [-0.1, -0.05) is 12.1 Å². The summed E-state index contributed by atoms with van der Waals surface area (Å²) in [5.41, 5.74) is 2.08. The molecule has 2 aromatic carbocycles. The summed E-state index contributed by atoms with van der Waals surface area (Å²) in [4.78, 5) is 40.2. The summed E-state index contributed by atoms with van der Waals surface area (Å²) in [6, 6.07) is 16.5. The number of thiazole rings is 2. The summed E-state index contributed by atoms with van der Waals surface area (Å²) in [5.74, 6) is -5.07. The number of anilines is 2. The molecule has 0 saturated carbocycles. The van der Waals surface area contributed by atoms with E-state index >= 15 is 0 Å². The van der Waals surface area contributed by atoms with E-state index in [4.69, 9.17) is 10.0 Å². The number of pyridine rings is 2. The SMILES string of the molecule is Cn1nc(-c2nccs2)cc1-c1ccc(NC(=O)c2c(F)cccc2F)nc1.Cn1nc(-c2nccs2)cc1B(O)O.O=C(Nc1ccc(Br)cn1)c1c(F)cccc1F. The molecule has 22 heteroatoms. The Morgan fingerprint density at radius 3 is 1.57 bits per heavy atom. The maximum atomic E-state index is 13.7. The summed E-state index contributed by atoms with van der Waals surface area (Å²) in [6.45, 7) is 0. The number of hydrogen-bond donors (Lipinski definition) is 4. The van der Waals surface area contributed by atoms with Crippen LogP contribution in [-0.2, 0) is 14.1 Å². The van der Waals surface area contributed by atoms with Crippen LogP contribution in [-0.4, -0.2) is 68.5 Å². The van der Waals surface area contributed by atoms with Crippen LogP contribution in [0.4, 0.5) is 29.2 Å². The molecule has 0 atom stereocenters. The number of nitrogens with one attached hydrogen (secondary N) is 2. The molecule has 0 aliphatic carbocycles. The average Bonchev–Trinajstić information content (AvgIpc) is 4.05. The standard InChI is InChI=1S/C19H13F2N5OS.C12H7BrF2N2O.C7H8BN3O2S/c1-26-15(9-14(25-26)19-22-7-8-28-19)11-5-6-16(23-10-11)24-18(27)17-12(20)3-2-4-13(17)21;13-7-4-5-10(16-6-7)17-12(18)11-8(14)2-1-3-9(11)15;1-11-6(8(12)13)4-5(10-11)7-9-2-3-14-7/h2-10H,1H3,(H,23,24,27);1-6H,(H,16,17,18);2-4,12-13H,1H3. The van der Waals surface area contributed by atoms with Gasteiger partial charge in [-0.25, -0.2) is 37.5 Å². The molecule has 60 heavy (non-hydrogen) atoms. The molecule has 304 valence electrons. The van der Waals surface area contributed by atoms with Gasteiger partial charge >= 0.3 is 7.12 Å². The van der Waals surface area contributed by atoms with Gasteiger partial charge in [0.05, 0.1) is 11.3 Å².